The first-order valence-electron chi connectivity index (χ1n) is 8.81. The molecular weight excluding hydrogens is 366 g/mol. The topological polar surface area (TPSA) is 97.4 Å². The van der Waals surface area contributed by atoms with Crippen molar-refractivity contribution in [2.24, 2.45) is 0 Å². The maximum atomic E-state index is 12.6. The molecule has 1 aromatic carbocycles. The van der Waals surface area contributed by atoms with Crippen molar-refractivity contribution in [3.63, 3.8) is 0 Å². The number of anilines is 2. The molecule has 8 heteroatoms. The molecule has 27 heavy (non-hydrogen) atoms. The highest BCUT2D eigenvalue weighted by Gasteiger charge is 2.27. The van der Waals surface area contributed by atoms with Crippen LogP contribution in [0.25, 0.3) is 0 Å². The third-order valence-corrected chi connectivity index (χ3v) is 5.87. The molecule has 7 nitrogen and oxygen atoms in total. The first-order valence-corrected chi connectivity index (χ1v) is 10.6. The highest BCUT2D eigenvalue weighted by atomic mass is 32.2. The monoisotopic (exact) mass is 389 g/mol. The summed E-state index contributed by atoms with van der Waals surface area (Å²) in [6, 6.07) is 8.74. The van der Waals surface area contributed by atoms with Crippen LogP contribution in [-0.2, 0) is 9.84 Å². The quantitative estimate of drug-likeness (QED) is 0.788. The first kappa shape index (κ1) is 19.2. The van der Waals surface area contributed by atoms with Gasteiger partial charge in [0.15, 0.2) is 9.84 Å². The summed E-state index contributed by atoms with van der Waals surface area (Å²) < 4.78 is 28.9. The molecule has 0 bridgehead atoms. The van der Waals surface area contributed by atoms with Gasteiger partial charge in [-0.2, -0.15) is 0 Å². The molecule has 1 saturated heterocycles. The smallest absolute Gasteiger partial charge is 0.257 e. The number of para-hydroxylation sites is 2. The lowest BCUT2D eigenvalue weighted by atomic mass is 10.2. The average Bonchev–Trinajstić information content (AvgIpc) is 2.95. The Labute approximate surface area is 159 Å². The molecule has 1 aromatic heterocycles. The van der Waals surface area contributed by atoms with Crippen LogP contribution >= 0.6 is 0 Å². The number of pyridine rings is 1. The molecular formula is C19H23N3O4S. The molecule has 144 valence electrons. The summed E-state index contributed by atoms with van der Waals surface area (Å²) in [5, 5.41) is 5.99. The van der Waals surface area contributed by atoms with Gasteiger partial charge in [0.25, 0.3) is 5.91 Å². The number of nitrogens with zero attached hydrogens (tertiary/aromatic N) is 1. The van der Waals surface area contributed by atoms with E-state index in [1.807, 2.05) is 26.0 Å². The van der Waals surface area contributed by atoms with Gasteiger partial charge in [-0.3, -0.25) is 9.78 Å². The zero-order valence-corrected chi connectivity index (χ0v) is 16.1. The Balaban J connectivity index is 1.71. The van der Waals surface area contributed by atoms with E-state index in [9.17, 15) is 13.2 Å². The van der Waals surface area contributed by atoms with Crippen molar-refractivity contribution in [3.05, 3.63) is 48.3 Å². The molecule has 0 spiro atoms. The van der Waals surface area contributed by atoms with Crippen LogP contribution in [-0.4, -0.2) is 43.0 Å². The van der Waals surface area contributed by atoms with E-state index < -0.39 is 9.84 Å². The Kier molecular flexibility index (Phi) is 5.65. The number of carbonyl (C=O) groups excluding carboxylic acids is 1. The zero-order chi connectivity index (χ0) is 19.4. The van der Waals surface area contributed by atoms with E-state index in [0.717, 1.165) is 0 Å². The second kappa shape index (κ2) is 7.96. The Morgan fingerprint density at radius 2 is 2.04 bits per heavy atom. The molecule has 3 rings (SSSR count). The number of aromatic nitrogens is 1. The van der Waals surface area contributed by atoms with E-state index in [2.05, 4.69) is 15.6 Å². The molecule has 1 aliphatic rings. The molecule has 0 aliphatic carbocycles. The van der Waals surface area contributed by atoms with Gasteiger partial charge in [0.1, 0.15) is 5.75 Å². The standard InChI is InChI=1S/C19H23N3O4S/c1-13(2)26-18-6-4-3-5-17(18)22-19(23)14-9-16(11-20-10-14)21-15-7-8-27(24,25)12-15/h3-6,9-11,13,15,21H,7-8,12H2,1-2H3,(H,22,23). The predicted molar refractivity (Wildman–Crippen MR) is 105 cm³/mol. The zero-order valence-electron chi connectivity index (χ0n) is 15.3. The van der Waals surface area contributed by atoms with E-state index in [0.29, 0.717) is 29.1 Å². The second-order valence-electron chi connectivity index (χ2n) is 6.82. The predicted octanol–water partition coefficient (Wildman–Crippen LogP) is 2.72. The number of sulfone groups is 1. The summed E-state index contributed by atoms with van der Waals surface area (Å²) in [5.41, 5.74) is 1.58. The SMILES string of the molecule is CC(C)Oc1ccccc1NC(=O)c1cncc(NC2CCS(=O)(=O)C2)c1. The van der Waals surface area contributed by atoms with Crippen molar-refractivity contribution in [3.8, 4) is 5.75 Å². The van der Waals surface area contributed by atoms with E-state index >= 15 is 0 Å². The molecule has 1 fully saturated rings. The third kappa shape index (κ3) is 5.19. The van der Waals surface area contributed by atoms with Crippen molar-refractivity contribution in [2.75, 3.05) is 22.1 Å². The van der Waals surface area contributed by atoms with E-state index in [1.54, 1.807) is 24.4 Å². The minimum Gasteiger partial charge on any atom is -0.489 e. The Bertz CT molecular complexity index is 928. The number of ether oxygens (including phenoxy) is 1. The summed E-state index contributed by atoms with van der Waals surface area (Å²) >= 11 is 0. The van der Waals surface area contributed by atoms with Gasteiger partial charge in [-0.05, 0) is 38.5 Å². The van der Waals surface area contributed by atoms with Crippen LogP contribution in [0.4, 0.5) is 11.4 Å². The number of hydrogen-bond donors (Lipinski definition) is 2. The summed E-state index contributed by atoms with van der Waals surface area (Å²) in [6.45, 7) is 3.84. The third-order valence-electron chi connectivity index (χ3n) is 4.10. The maximum Gasteiger partial charge on any atom is 0.257 e. The van der Waals surface area contributed by atoms with Gasteiger partial charge in [0.2, 0.25) is 0 Å². The summed E-state index contributed by atoms with van der Waals surface area (Å²) in [7, 11) is -2.97. The summed E-state index contributed by atoms with van der Waals surface area (Å²) in [4.78, 5) is 16.7. The number of rotatable bonds is 6. The summed E-state index contributed by atoms with van der Waals surface area (Å²) in [5.74, 6) is 0.568. The van der Waals surface area contributed by atoms with Crippen molar-refractivity contribution >= 4 is 27.1 Å². The fraction of sp³-hybridized carbons (Fsp3) is 0.368. The number of carbonyl (C=O) groups is 1. The average molecular weight is 389 g/mol. The largest absolute Gasteiger partial charge is 0.489 e. The second-order valence-corrected chi connectivity index (χ2v) is 9.05. The van der Waals surface area contributed by atoms with Gasteiger partial charge in [-0.1, -0.05) is 12.1 Å². The van der Waals surface area contributed by atoms with Gasteiger partial charge in [-0.25, -0.2) is 8.42 Å². The molecule has 1 aliphatic heterocycles. The van der Waals surface area contributed by atoms with Crippen molar-refractivity contribution in [1.82, 2.24) is 4.98 Å². The minimum absolute atomic E-state index is 0.0139. The molecule has 2 aromatic rings. The lowest BCUT2D eigenvalue weighted by Crippen LogP contribution is -2.21. The molecule has 0 saturated carbocycles. The van der Waals surface area contributed by atoms with Gasteiger partial charge >= 0.3 is 0 Å². The van der Waals surface area contributed by atoms with Gasteiger partial charge in [0, 0.05) is 18.4 Å². The van der Waals surface area contributed by atoms with Crippen LogP contribution in [0.1, 0.15) is 30.6 Å². The highest BCUT2D eigenvalue weighted by Crippen LogP contribution is 2.26. The van der Waals surface area contributed by atoms with Gasteiger partial charge < -0.3 is 15.4 Å². The molecule has 2 N–H and O–H groups in total. The van der Waals surface area contributed by atoms with E-state index in [1.165, 1.54) is 6.20 Å². The fourth-order valence-corrected chi connectivity index (χ4v) is 4.58. The Morgan fingerprint density at radius 3 is 2.74 bits per heavy atom. The number of nitrogens with one attached hydrogen (secondary N) is 2. The summed E-state index contributed by atoms with van der Waals surface area (Å²) in [6.07, 6.45) is 3.59. The number of benzene rings is 1. The van der Waals surface area contributed by atoms with Crippen LogP contribution < -0.4 is 15.4 Å². The molecule has 2 heterocycles. The first-order chi connectivity index (χ1) is 12.8. The van der Waals surface area contributed by atoms with Crippen LogP contribution in [0.5, 0.6) is 5.75 Å². The number of hydrogen-bond acceptors (Lipinski definition) is 6. The number of amides is 1. The normalized spacial score (nSPS) is 18.3. The van der Waals surface area contributed by atoms with Crippen LogP contribution in [0, 0.1) is 0 Å². The van der Waals surface area contributed by atoms with Crippen LogP contribution in [0.15, 0.2) is 42.7 Å². The Hall–Kier alpha value is -2.61. The van der Waals surface area contributed by atoms with Crippen molar-refractivity contribution in [1.29, 1.82) is 0 Å². The van der Waals surface area contributed by atoms with E-state index in [4.69, 9.17) is 4.74 Å². The lowest BCUT2D eigenvalue weighted by Gasteiger charge is -2.15. The van der Waals surface area contributed by atoms with Crippen LogP contribution in [0.2, 0.25) is 0 Å². The molecule has 1 unspecified atom stereocenters. The molecule has 0 radical (unpaired) electrons. The molecule has 1 amide bonds. The van der Waals surface area contributed by atoms with Gasteiger partial charge in [-0.15, -0.1) is 0 Å². The lowest BCUT2D eigenvalue weighted by molar-refractivity contribution is 0.102. The van der Waals surface area contributed by atoms with Crippen molar-refractivity contribution in [2.45, 2.75) is 32.4 Å². The van der Waals surface area contributed by atoms with E-state index in [-0.39, 0.29) is 29.6 Å². The van der Waals surface area contributed by atoms with Crippen molar-refractivity contribution < 1.29 is 17.9 Å². The fourth-order valence-electron chi connectivity index (χ4n) is 2.91. The highest BCUT2D eigenvalue weighted by molar-refractivity contribution is 7.91. The Morgan fingerprint density at radius 1 is 1.26 bits per heavy atom. The maximum absolute atomic E-state index is 12.6. The minimum atomic E-state index is -2.97. The van der Waals surface area contributed by atoms with Gasteiger partial charge in [0.05, 0.1) is 34.5 Å². The molecule has 1 atom stereocenters. The van der Waals surface area contributed by atoms with Crippen LogP contribution in [0.3, 0.4) is 0 Å².